The van der Waals surface area contributed by atoms with Gasteiger partial charge in [-0.1, -0.05) is 91.0 Å². The summed E-state index contributed by atoms with van der Waals surface area (Å²) in [4.78, 5) is 0. The second kappa shape index (κ2) is 28.9. The number of ether oxygens (including phenoxy) is 10. The Kier molecular flexibility index (Phi) is 24.0. The first-order chi connectivity index (χ1) is 24.9. The first kappa shape index (κ1) is 41.6. The molecule has 0 aliphatic carbocycles. The molecule has 0 saturated heterocycles. The highest BCUT2D eigenvalue weighted by Crippen LogP contribution is 2.40. The van der Waals surface area contributed by atoms with Crippen molar-refractivity contribution in [3.63, 3.8) is 0 Å². The molecule has 278 valence electrons. The Morgan fingerprint density at radius 2 is 0.520 bits per heavy atom. The molecule has 3 aromatic rings. The molecule has 0 amide bonds. The van der Waals surface area contributed by atoms with E-state index in [1.165, 1.54) is 0 Å². The molecule has 11 heteroatoms. The Morgan fingerprint density at radius 1 is 0.300 bits per heavy atom. The average Bonchev–Trinajstić information content (AvgIpc) is 3.17. The third-order valence-corrected chi connectivity index (χ3v) is 7.33. The second-order valence-corrected chi connectivity index (χ2v) is 10.9. The fourth-order valence-electron chi connectivity index (χ4n) is 4.97. The minimum Gasteiger partial charge on any atom is -0.378 e. The highest BCUT2D eigenvalue weighted by molar-refractivity contribution is 5.47. The van der Waals surface area contributed by atoms with Crippen LogP contribution >= 0.6 is 0 Å². The molecule has 3 rings (SSSR count). The zero-order valence-electron chi connectivity index (χ0n) is 29.5. The van der Waals surface area contributed by atoms with Crippen LogP contribution in [0.25, 0.3) is 0 Å². The topological polar surface area (TPSA) is 118 Å². The van der Waals surface area contributed by atoms with Gasteiger partial charge in [-0.15, -0.1) is 0 Å². The van der Waals surface area contributed by atoms with Gasteiger partial charge in [0, 0.05) is 6.54 Å². The van der Waals surface area contributed by atoms with Crippen LogP contribution in [0.3, 0.4) is 0 Å². The van der Waals surface area contributed by atoms with Crippen molar-refractivity contribution in [1.29, 1.82) is 0 Å². The van der Waals surface area contributed by atoms with Gasteiger partial charge in [-0.3, -0.25) is 0 Å². The molecule has 0 bridgehead atoms. The van der Waals surface area contributed by atoms with Crippen LogP contribution in [0.5, 0.6) is 0 Å². The zero-order chi connectivity index (χ0) is 35.1. The summed E-state index contributed by atoms with van der Waals surface area (Å²) < 4.78 is 56.4. The average molecular weight is 700 g/mol. The zero-order valence-corrected chi connectivity index (χ0v) is 29.5. The summed E-state index contributed by atoms with van der Waals surface area (Å²) in [6.45, 7) is 10.1. The second-order valence-electron chi connectivity index (χ2n) is 10.9. The number of benzene rings is 3. The van der Waals surface area contributed by atoms with Gasteiger partial charge in [0.05, 0.1) is 126 Å². The van der Waals surface area contributed by atoms with E-state index in [4.69, 9.17) is 53.1 Å². The Balaban J connectivity index is 1.11. The Labute approximate surface area is 298 Å². The maximum Gasteiger partial charge on any atom is 0.143 e. The lowest BCUT2D eigenvalue weighted by Gasteiger charge is -2.36. The van der Waals surface area contributed by atoms with Gasteiger partial charge in [0.1, 0.15) is 5.60 Å². The van der Waals surface area contributed by atoms with Gasteiger partial charge in [-0.05, 0) is 16.7 Å². The van der Waals surface area contributed by atoms with Crippen LogP contribution in [0.2, 0.25) is 0 Å². The standard InChI is InChI=1S/C39H57NO10/c40-16-17-41-18-19-42-20-21-43-22-23-44-24-25-45-26-27-46-28-29-47-30-31-48-32-33-49-34-35-50-39(36-10-4-1-5-11-36,37-12-6-2-7-13-37)38-14-8-3-9-15-38/h1-15H,16-35,40H2. The van der Waals surface area contributed by atoms with Crippen LogP contribution < -0.4 is 5.73 Å². The maximum absolute atomic E-state index is 6.72. The molecule has 0 fully saturated rings. The van der Waals surface area contributed by atoms with Crippen LogP contribution in [-0.4, -0.2) is 132 Å². The van der Waals surface area contributed by atoms with Crippen LogP contribution in [-0.2, 0) is 53.0 Å². The quantitative estimate of drug-likeness (QED) is 0.0732. The third-order valence-electron chi connectivity index (χ3n) is 7.33. The van der Waals surface area contributed by atoms with E-state index in [0.717, 1.165) is 16.7 Å². The summed E-state index contributed by atoms with van der Waals surface area (Å²) in [6.07, 6.45) is 0. The van der Waals surface area contributed by atoms with Gasteiger partial charge in [-0.2, -0.15) is 0 Å². The van der Waals surface area contributed by atoms with E-state index >= 15 is 0 Å². The van der Waals surface area contributed by atoms with E-state index in [9.17, 15) is 0 Å². The predicted molar refractivity (Wildman–Crippen MR) is 192 cm³/mol. The fourth-order valence-corrected chi connectivity index (χ4v) is 4.97. The fraction of sp³-hybridized carbons (Fsp3) is 0.538. The number of nitrogens with two attached hydrogens (primary N) is 1. The molecule has 50 heavy (non-hydrogen) atoms. The summed E-state index contributed by atoms with van der Waals surface area (Å²) in [7, 11) is 0. The molecular weight excluding hydrogens is 642 g/mol. The molecule has 0 saturated carbocycles. The van der Waals surface area contributed by atoms with Crippen molar-refractivity contribution in [2.24, 2.45) is 5.73 Å². The summed E-state index contributed by atoms with van der Waals surface area (Å²) in [5.74, 6) is 0. The van der Waals surface area contributed by atoms with Crippen LogP contribution in [0.15, 0.2) is 91.0 Å². The lowest BCUT2D eigenvalue weighted by atomic mass is 9.80. The highest BCUT2D eigenvalue weighted by atomic mass is 16.6. The lowest BCUT2D eigenvalue weighted by Crippen LogP contribution is -2.34. The van der Waals surface area contributed by atoms with E-state index in [0.29, 0.717) is 132 Å². The molecular formula is C39H57NO10. The van der Waals surface area contributed by atoms with E-state index in [-0.39, 0.29) is 0 Å². The van der Waals surface area contributed by atoms with Gasteiger partial charge < -0.3 is 53.1 Å². The van der Waals surface area contributed by atoms with E-state index < -0.39 is 5.60 Å². The summed E-state index contributed by atoms with van der Waals surface area (Å²) in [5.41, 5.74) is 7.80. The number of hydrogen-bond donors (Lipinski definition) is 1. The molecule has 0 heterocycles. The van der Waals surface area contributed by atoms with Crippen molar-refractivity contribution >= 4 is 0 Å². The minimum absolute atomic E-state index is 0.418. The molecule has 0 radical (unpaired) electrons. The smallest absolute Gasteiger partial charge is 0.143 e. The Hall–Kier alpha value is -2.78. The Morgan fingerprint density at radius 3 is 0.760 bits per heavy atom. The van der Waals surface area contributed by atoms with Crippen molar-refractivity contribution in [2.75, 3.05) is 132 Å². The SMILES string of the molecule is NCCOCCOCCOCCOCCOCCOCCOCCOCCOCCOC(c1ccccc1)(c1ccccc1)c1ccccc1. The number of hydrogen-bond acceptors (Lipinski definition) is 11. The summed E-state index contributed by atoms with van der Waals surface area (Å²) in [6, 6.07) is 31.0. The van der Waals surface area contributed by atoms with Gasteiger partial charge >= 0.3 is 0 Å². The normalized spacial score (nSPS) is 11.7. The predicted octanol–water partition coefficient (Wildman–Crippen LogP) is 4.10. The summed E-state index contributed by atoms with van der Waals surface area (Å²) in [5, 5.41) is 0. The highest BCUT2D eigenvalue weighted by Gasteiger charge is 2.37. The monoisotopic (exact) mass is 699 g/mol. The van der Waals surface area contributed by atoms with E-state index in [2.05, 4.69) is 36.4 Å². The van der Waals surface area contributed by atoms with Crippen LogP contribution in [0, 0.1) is 0 Å². The molecule has 2 N–H and O–H groups in total. The van der Waals surface area contributed by atoms with Crippen LogP contribution in [0.1, 0.15) is 16.7 Å². The largest absolute Gasteiger partial charge is 0.378 e. The first-order valence-corrected chi connectivity index (χ1v) is 17.6. The summed E-state index contributed by atoms with van der Waals surface area (Å²) >= 11 is 0. The minimum atomic E-state index is -0.749. The molecule has 3 aromatic carbocycles. The molecule has 0 spiro atoms. The van der Waals surface area contributed by atoms with E-state index in [1.807, 2.05) is 54.6 Å². The third kappa shape index (κ3) is 17.4. The Bertz CT molecular complexity index is 1060. The molecule has 0 aliphatic heterocycles. The lowest BCUT2D eigenvalue weighted by molar-refractivity contribution is -0.0399. The van der Waals surface area contributed by atoms with E-state index in [1.54, 1.807) is 0 Å². The first-order valence-electron chi connectivity index (χ1n) is 17.6. The van der Waals surface area contributed by atoms with Gasteiger partial charge in [0.15, 0.2) is 0 Å². The molecule has 0 aliphatic rings. The van der Waals surface area contributed by atoms with Crippen molar-refractivity contribution in [3.8, 4) is 0 Å². The van der Waals surface area contributed by atoms with Crippen molar-refractivity contribution in [3.05, 3.63) is 108 Å². The van der Waals surface area contributed by atoms with Gasteiger partial charge in [0.2, 0.25) is 0 Å². The van der Waals surface area contributed by atoms with Gasteiger partial charge in [-0.25, -0.2) is 0 Å². The van der Waals surface area contributed by atoms with Crippen molar-refractivity contribution < 1.29 is 47.4 Å². The molecule has 0 aromatic heterocycles. The van der Waals surface area contributed by atoms with Gasteiger partial charge in [0.25, 0.3) is 0 Å². The number of rotatable bonds is 33. The molecule has 0 unspecified atom stereocenters. The molecule has 0 atom stereocenters. The van der Waals surface area contributed by atoms with Crippen molar-refractivity contribution in [1.82, 2.24) is 0 Å². The van der Waals surface area contributed by atoms with Crippen molar-refractivity contribution in [2.45, 2.75) is 5.60 Å². The molecule has 11 nitrogen and oxygen atoms in total. The van der Waals surface area contributed by atoms with Crippen LogP contribution in [0.4, 0.5) is 0 Å². The maximum atomic E-state index is 6.72.